The summed E-state index contributed by atoms with van der Waals surface area (Å²) in [7, 11) is 1.53. The van der Waals surface area contributed by atoms with Gasteiger partial charge in [0.2, 0.25) is 0 Å². The van der Waals surface area contributed by atoms with Crippen LogP contribution in [0.2, 0.25) is 0 Å². The Kier molecular flexibility index (Phi) is 2.69. The van der Waals surface area contributed by atoms with E-state index in [1.165, 1.54) is 27.4 Å². The van der Waals surface area contributed by atoms with Gasteiger partial charge >= 0.3 is 11.4 Å². The van der Waals surface area contributed by atoms with Crippen molar-refractivity contribution in [3.63, 3.8) is 0 Å². The zero-order chi connectivity index (χ0) is 13.6. The molecular formula is C14H17N3O2. The predicted octanol–water partition coefficient (Wildman–Crippen LogP) is 1.13. The summed E-state index contributed by atoms with van der Waals surface area (Å²) in [4.78, 5) is 24.2. The lowest BCUT2D eigenvalue weighted by molar-refractivity contribution is 0.367. The van der Waals surface area contributed by atoms with E-state index in [-0.39, 0.29) is 17.4 Å². The van der Waals surface area contributed by atoms with Crippen LogP contribution >= 0.6 is 0 Å². The summed E-state index contributed by atoms with van der Waals surface area (Å²) >= 11 is 0. The van der Waals surface area contributed by atoms with Crippen molar-refractivity contribution in [3.8, 4) is 0 Å². The number of aromatic nitrogens is 3. The van der Waals surface area contributed by atoms with Crippen LogP contribution in [0.1, 0.15) is 25.3 Å². The molecule has 1 aromatic heterocycles. The van der Waals surface area contributed by atoms with Gasteiger partial charge in [-0.25, -0.2) is 23.5 Å². The molecule has 0 radical (unpaired) electrons. The second-order valence-corrected chi connectivity index (χ2v) is 5.08. The van der Waals surface area contributed by atoms with Gasteiger partial charge in [0.05, 0.1) is 12.6 Å². The van der Waals surface area contributed by atoms with Crippen LogP contribution in [0.3, 0.4) is 0 Å². The van der Waals surface area contributed by atoms with Crippen LogP contribution in [0.25, 0.3) is 0 Å². The molecule has 100 valence electrons. The lowest BCUT2D eigenvalue weighted by Crippen LogP contribution is -2.34. The maximum Gasteiger partial charge on any atom is 0.347 e. The van der Waals surface area contributed by atoms with E-state index in [2.05, 4.69) is 18.7 Å². The molecule has 0 saturated carbocycles. The lowest BCUT2D eigenvalue weighted by atomic mass is 9.98. The molecule has 0 N–H and O–H groups in total. The van der Waals surface area contributed by atoms with E-state index in [1.807, 2.05) is 6.08 Å². The van der Waals surface area contributed by atoms with Crippen molar-refractivity contribution < 1.29 is 0 Å². The van der Waals surface area contributed by atoms with Crippen LogP contribution in [-0.2, 0) is 13.6 Å². The van der Waals surface area contributed by atoms with Gasteiger partial charge in [-0.1, -0.05) is 24.8 Å². The number of hydrogen-bond acceptors (Lipinski definition) is 2. The van der Waals surface area contributed by atoms with E-state index in [0.29, 0.717) is 6.54 Å². The minimum atomic E-state index is -0.235. The highest BCUT2D eigenvalue weighted by molar-refractivity contribution is 5.29. The largest absolute Gasteiger partial charge is 0.347 e. The predicted molar refractivity (Wildman–Crippen MR) is 73.2 cm³/mol. The van der Waals surface area contributed by atoms with Gasteiger partial charge in [-0.15, -0.1) is 0 Å². The number of hydrogen-bond donors (Lipinski definition) is 0. The minimum absolute atomic E-state index is 0.00356. The van der Waals surface area contributed by atoms with Crippen molar-refractivity contribution in [2.75, 3.05) is 0 Å². The van der Waals surface area contributed by atoms with Gasteiger partial charge in [0.1, 0.15) is 0 Å². The topological polar surface area (TPSA) is 48.9 Å². The quantitative estimate of drug-likeness (QED) is 0.710. The fourth-order valence-corrected chi connectivity index (χ4v) is 2.96. The first kappa shape index (κ1) is 12.0. The van der Waals surface area contributed by atoms with Crippen LogP contribution in [-0.4, -0.2) is 13.9 Å². The molecule has 0 aromatic carbocycles. The molecule has 3 rings (SSSR count). The monoisotopic (exact) mass is 259 g/mol. The number of nitrogens with zero attached hydrogens (tertiary/aromatic N) is 3. The molecule has 5 heteroatoms. The highest BCUT2D eigenvalue weighted by atomic mass is 16.2. The van der Waals surface area contributed by atoms with Gasteiger partial charge in [0.25, 0.3) is 0 Å². The van der Waals surface area contributed by atoms with Crippen molar-refractivity contribution in [2.24, 2.45) is 7.05 Å². The SMILES string of the molecule is C=CC1=CCCC2C(=CCn3c(=O)n(C)c(=O)n32)C1. The molecule has 0 bridgehead atoms. The van der Waals surface area contributed by atoms with Gasteiger partial charge in [-0.3, -0.25) is 0 Å². The van der Waals surface area contributed by atoms with Crippen molar-refractivity contribution in [1.82, 2.24) is 13.9 Å². The van der Waals surface area contributed by atoms with Gasteiger partial charge in [-0.05, 0) is 30.4 Å². The molecule has 2 aliphatic rings. The molecule has 5 nitrogen and oxygen atoms in total. The molecule has 0 spiro atoms. The van der Waals surface area contributed by atoms with Crippen LogP contribution in [0.5, 0.6) is 0 Å². The first-order valence-corrected chi connectivity index (χ1v) is 6.52. The Balaban J connectivity index is 2.12. The van der Waals surface area contributed by atoms with Crippen molar-refractivity contribution in [1.29, 1.82) is 0 Å². The third-order valence-corrected chi connectivity index (χ3v) is 4.02. The average Bonchev–Trinajstić information content (AvgIpc) is 2.62. The lowest BCUT2D eigenvalue weighted by Gasteiger charge is -2.25. The summed E-state index contributed by atoms with van der Waals surface area (Å²) in [6.07, 6.45) is 8.70. The molecule has 1 aliphatic heterocycles. The zero-order valence-corrected chi connectivity index (χ0v) is 11.0. The van der Waals surface area contributed by atoms with Crippen LogP contribution in [0.15, 0.2) is 45.5 Å². The highest BCUT2D eigenvalue weighted by Crippen LogP contribution is 2.33. The van der Waals surface area contributed by atoms with Crippen molar-refractivity contribution in [2.45, 2.75) is 31.8 Å². The Labute approximate surface area is 110 Å². The summed E-state index contributed by atoms with van der Waals surface area (Å²) in [6, 6.07) is 0.00356. The molecule has 1 unspecified atom stereocenters. The molecule has 0 saturated heterocycles. The second-order valence-electron chi connectivity index (χ2n) is 5.08. The van der Waals surface area contributed by atoms with Crippen molar-refractivity contribution >= 4 is 0 Å². The zero-order valence-electron chi connectivity index (χ0n) is 11.0. The molecule has 2 heterocycles. The average molecular weight is 259 g/mol. The smallest absolute Gasteiger partial charge is 0.246 e. The van der Waals surface area contributed by atoms with Gasteiger partial charge in [-0.2, -0.15) is 0 Å². The minimum Gasteiger partial charge on any atom is -0.246 e. The summed E-state index contributed by atoms with van der Waals surface area (Å²) in [5, 5.41) is 0. The number of fused-ring (bicyclic) bond motifs is 3. The van der Waals surface area contributed by atoms with E-state index >= 15 is 0 Å². The third kappa shape index (κ3) is 1.69. The maximum absolute atomic E-state index is 12.2. The Bertz CT molecular complexity index is 712. The fourth-order valence-electron chi connectivity index (χ4n) is 2.96. The van der Waals surface area contributed by atoms with Gasteiger partial charge in [0.15, 0.2) is 0 Å². The fraction of sp³-hybridized carbons (Fsp3) is 0.429. The van der Waals surface area contributed by atoms with Crippen molar-refractivity contribution in [3.05, 3.63) is 56.9 Å². The van der Waals surface area contributed by atoms with Crippen LogP contribution in [0, 0.1) is 0 Å². The van der Waals surface area contributed by atoms with Crippen LogP contribution < -0.4 is 11.4 Å². The van der Waals surface area contributed by atoms with Gasteiger partial charge < -0.3 is 0 Å². The Morgan fingerprint density at radius 2 is 2.11 bits per heavy atom. The van der Waals surface area contributed by atoms with Crippen LogP contribution in [0.4, 0.5) is 0 Å². The summed E-state index contributed by atoms with van der Waals surface area (Å²) in [6.45, 7) is 4.30. The molecule has 0 amide bonds. The second kappa shape index (κ2) is 4.26. The van der Waals surface area contributed by atoms with E-state index in [9.17, 15) is 9.59 Å². The number of allylic oxidation sites excluding steroid dienone is 5. The van der Waals surface area contributed by atoms with E-state index in [4.69, 9.17) is 0 Å². The Morgan fingerprint density at radius 3 is 2.84 bits per heavy atom. The Morgan fingerprint density at radius 1 is 1.32 bits per heavy atom. The summed E-state index contributed by atoms with van der Waals surface area (Å²) in [5.41, 5.74) is 1.97. The molecular weight excluding hydrogens is 242 g/mol. The van der Waals surface area contributed by atoms with Gasteiger partial charge in [0, 0.05) is 7.05 Å². The standard InChI is InChI=1S/C14H17N3O2/c1-3-10-5-4-6-12-11(9-10)7-8-16-13(18)15(2)14(19)17(12)16/h3,5,7,12H,1,4,6,8-9H2,2H3. The summed E-state index contributed by atoms with van der Waals surface area (Å²) < 4.78 is 4.34. The van der Waals surface area contributed by atoms with E-state index in [1.54, 1.807) is 4.68 Å². The Hall–Kier alpha value is -2.04. The van der Waals surface area contributed by atoms with E-state index in [0.717, 1.165) is 19.3 Å². The molecule has 1 atom stereocenters. The first-order chi connectivity index (χ1) is 9.13. The molecule has 0 fully saturated rings. The molecule has 1 aliphatic carbocycles. The maximum atomic E-state index is 12.2. The molecule has 1 aromatic rings. The van der Waals surface area contributed by atoms with E-state index < -0.39 is 0 Å². The summed E-state index contributed by atoms with van der Waals surface area (Å²) in [5.74, 6) is 0. The molecule has 19 heavy (non-hydrogen) atoms. The third-order valence-electron chi connectivity index (χ3n) is 4.02. The number of rotatable bonds is 1. The normalized spacial score (nSPS) is 21.8. The highest BCUT2D eigenvalue weighted by Gasteiger charge is 2.28. The first-order valence-electron chi connectivity index (χ1n) is 6.52.